The second-order valence-corrected chi connectivity index (χ2v) is 5.67. The number of aliphatic hydroxyl groups is 2. The number of nitrogens with two attached hydrogens (primary N) is 1. The first-order valence-corrected chi connectivity index (χ1v) is 7.86. The molecule has 1 saturated heterocycles. The Morgan fingerprint density at radius 2 is 2.26 bits per heavy atom. The molecule has 12 heteroatoms. The molecular formula is C15H16F3N5O4. The van der Waals surface area contributed by atoms with Crippen LogP contribution < -0.4 is 10.5 Å². The van der Waals surface area contributed by atoms with Crippen LogP contribution >= 0.6 is 0 Å². The third-order valence-corrected chi connectivity index (χ3v) is 4.01. The number of halogens is 3. The van der Waals surface area contributed by atoms with Crippen LogP contribution in [-0.2, 0) is 4.74 Å². The number of aliphatic hydroxyl groups excluding tert-OH is 2. The van der Waals surface area contributed by atoms with Crippen molar-refractivity contribution in [1.82, 2.24) is 19.5 Å². The van der Waals surface area contributed by atoms with Gasteiger partial charge in [-0.1, -0.05) is 5.73 Å². The highest BCUT2D eigenvalue weighted by Crippen LogP contribution is 2.44. The molecule has 4 N–H and O–H groups in total. The summed E-state index contributed by atoms with van der Waals surface area (Å²) < 4.78 is 52.1. The van der Waals surface area contributed by atoms with Crippen molar-refractivity contribution in [3.63, 3.8) is 0 Å². The van der Waals surface area contributed by atoms with Crippen LogP contribution in [0.1, 0.15) is 13.2 Å². The predicted molar refractivity (Wildman–Crippen MR) is 85.6 cm³/mol. The van der Waals surface area contributed by atoms with E-state index in [-0.39, 0.29) is 29.6 Å². The van der Waals surface area contributed by atoms with E-state index in [4.69, 9.17) is 15.2 Å². The van der Waals surface area contributed by atoms with E-state index in [0.717, 1.165) is 10.9 Å². The smallest absolute Gasteiger partial charge is 0.312 e. The van der Waals surface area contributed by atoms with E-state index in [1.807, 2.05) is 0 Å². The summed E-state index contributed by atoms with van der Waals surface area (Å²) in [6.07, 6.45) is -5.80. The zero-order valence-corrected chi connectivity index (χ0v) is 14.0. The van der Waals surface area contributed by atoms with E-state index >= 15 is 4.39 Å². The van der Waals surface area contributed by atoms with E-state index in [9.17, 15) is 19.0 Å². The first-order valence-electron chi connectivity index (χ1n) is 7.86. The Labute approximate surface area is 150 Å². The van der Waals surface area contributed by atoms with Crippen molar-refractivity contribution in [2.24, 2.45) is 0 Å². The number of ether oxygens (including phenoxy) is 2. The molecule has 9 nitrogen and oxygen atoms in total. The molecule has 0 spiro atoms. The molecule has 0 saturated carbocycles. The number of hydrogen-bond donors (Lipinski definition) is 3. The normalized spacial score (nSPS) is 27.6. The topological polar surface area (TPSA) is 129 Å². The maximum Gasteiger partial charge on any atom is 0.312 e. The molecular weight excluding hydrogens is 371 g/mol. The number of nitrogen functional groups attached to an aromatic ring is 1. The summed E-state index contributed by atoms with van der Waals surface area (Å²) in [6.45, 7) is 1.21. The van der Waals surface area contributed by atoms with Crippen molar-refractivity contribution < 1.29 is 32.9 Å². The SMILES string of the molecule is CCOc1nc(N)nc2c1ncn2[C@@H]1O[C@H](CO)[C@@H](O)[C@]1(F)C=C=C(F)F. The second-order valence-electron chi connectivity index (χ2n) is 5.67. The van der Waals surface area contributed by atoms with Crippen LogP contribution in [0.3, 0.4) is 0 Å². The van der Waals surface area contributed by atoms with Gasteiger partial charge in [-0.15, -0.1) is 0 Å². The standard InChI is InChI=1S/C15H16F3N5O4/c1-2-26-12-9-11(21-14(19)22-12)23(6-20-9)13-15(18,4-3-8(16)17)10(25)7(5-24)27-13/h4,6-7,10,13,24-25H,2,5H2,1H3,(H2,19,21,22)/t7-,10-,13-,15-/m1/s1. The summed E-state index contributed by atoms with van der Waals surface area (Å²) in [5, 5.41) is 19.5. The van der Waals surface area contributed by atoms with Gasteiger partial charge in [0.15, 0.2) is 17.4 Å². The van der Waals surface area contributed by atoms with Crippen LogP contribution in [0.4, 0.5) is 19.1 Å². The number of hydrogen-bond acceptors (Lipinski definition) is 8. The Hall–Kier alpha value is -2.66. The number of aromatic nitrogens is 4. The molecule has 2 aromatic rings. The van der Waals surface area contributed by atoms with Crippen LogP contribution in [0.5, 0.6) is 5.88 Å². The molecule has 0 aliphatic carbocycles. The molecule has 1 aliphatic heterocycles. The number of imidazole rings is 1. The van der Waals surface area contributed by atoms with Crippen molar-refractivity contribution in [2.45, 2.75) is 31.0 Å². The highest BCUT2D eigenvalue weighted by Gasteiger charge is 2.57. The van der Waals surface area contributed by atoms with Gasteiger partial charge >= 0.3 is 6.08 Å². The van der Waals surface area contributed by atoms with Gasteiger partial charge in [0.05, 0.1) is 19.5 Å². The zero-order chi connectivity index (χ0) is 19.8. The first-order chi connectivity index (χ1) is 12.8. The minimum absolute atomic E-state index is 0.00173. The maximum absolute atomic E-state index is 15.5. The Morgan fingerprint density at radius 3 is 2.89 bits per heavy atom. The van der Waals surface area contributed by atoms with Gasteiger partial charge in [-0.3, -0.25) is 4.57 Å². The first kappa shape index (κ1) is 19.1. The summed E-state index contributed by atoms with van der Waals surface area (Å²) in [5.41, 5.74) is 4.36. The van der Waals surface area contributed by atoms with Gasteiger partial charge in [0.2, 0.25) is 17.5 Å². The molecule has 1 fully saturated rings. The molecule has 0 amide bonds. The molecule has 3 rings (SSSR count). The second kappa shape index (κ2) is 7.16. The van der Waals surface area contributed by atoms with Crippen LogP contribution in [0.2, 0.25) is 0 Å². The molecule has 0 radical (unpaired) electrons. The molecule has 3 heterocycles. The number of rotatable bonds is 5. The Morgan fingerprint density at radius 1 is 1.52 bits per heavy atom. The van der Waals surface area contributed by atoms with Crippen LogP contribution in [0.25, 0.3) is 11.2 Å². The zero-order valence-electron chi connectivity index (χ0n) is 14.0. The van der Waals surface area contributed by atoms with Gasteiger partial charge in [-0.2, -0.15) is 18.7 Å². The van der Waals surface area contributed by atoms with E-state index in [2.05, 4.69) is 15.0 Å². The summed E-state index contributed by atoms with van der Waals surface area (Å²) in [7, 11) is 0. The molecule has 0 aromatic carbocycles. The summed E-state index contributed by atoms with van der Waals surface area (Å²) in [6, 6.07) is 0. The number of fused-ring (bicyclic) bond motifs is 1. The van der Waals surface area contributed by atoms with Gasteiger partial charge in [0.25, 0.3) is 0 Å². The van der Waals surface area contributed by atoms with E-state index in [1.54, 1.807) is 6.92 Å². The van der Waals surface area contributed by atoms with E-state index in [1.165, 1.54) is 5.73 Å². The number of anilines is 1. The minimum atomic E-state index is -2.85. The molecule has 0 unspecified atom stereocenters. The van der Waals surface area contributed by atoms with Crippen LogP contribution in [0.15, 0.2) is 24.2 Å². The van der Waals surface area contributed by atoms with Gasteiger partial charge < -0.3 is 25.4 Å². The monoisotopic (exact) mass is 387 g/mol. The molecule has 2 aromatic heterocycles. The minimum Gasteiger partial charge on any atom is -0.476 e. The summed E-state index contributed by atoms with van der Waals surface area (Å²) in [5.74, 6) is -0.148. The molecule has 27 heavy (non-hydrogen) atoms. The van der Waals surface area contributed by atoms with E-state index < -0.39 is 36.8 Å². The summed E-state index contributed by atoms with van der Waals surface area (Å²) >= 11 is 0. The predicted octanol–water partition coefficient (Wildman–Crippen LogP) is 0.702. The van der Waals surface area contributed by atoms with Gasteiger partial charge in [0, 0.05) is 6.08 Å². The van der Waals surface area contributed by atoms with Crippen molar-refractivity contribution in [2.75, 3.05) is 18.9 Å². The van der Waals surface area contributed by atoms with Crippen molar-refractivity contribution in [3.05, 3.63) is 24.2 Å². The number of alkyl halides is 1. The molecule has 4 atom stereocenters. The molecule has 146 valence electrons. The van der Waals surface area contributed by atoms with Crippen LogP contribution in [-0.4, -0.2) is 60.8 Å². The third kappa shape index (κ3) is 3.23. The van der Waals surface area contributed by atoms with Crippen LogP contribution in [0, 0.1) is 0 Å². The van der Waals surface area contributed by atoms with Gasteiger partial charge in [0.1, 0.15) is 12.2 Å². The lowest BCUT2D eigenvalue weighted by Gasteiger charge is -2.25. The molecule has 0 bridgehead atoms. The number of nitrogens with zero attached hydrogens (tertiary/aromatic N) is 4. The Bertz CT molecular complexity index is 912. The van der Waals surface area contributed by atoms with Crippen molar-refractivity contribution >= 4 is 17.1 Å². The fourth-order valence-corrected chi connectivity index (χ4v) is 2.83. The van der Waals surface area contributed by atoms with E-state index in [0.29, 0.717) is 6.08 Å². The van der Waals surface area contributed by atoms with Gasteiger partial charge in [-0.05, 0) is 6.92 Å². The lowest BCUT2D eigenvalue weighted by molar-refractivity contribution is -0.0515. The quantitative estimate of drug-likeness (QED) is 0.640. The van der Waals surface area contributed by atoms with Crippen molar-refractivity contribution in [1.29, 1.82) is 0 Å². The third-order valence-electron chi connectivity index (χ3n) is 4.01. The van der Waals surface area contributed by atoms with Gasteiger partial charge in [-0.25, -0.2) is 9.37 Å². The summed E-state index contributed by atoms with van der Waals surface area (Å²) in [4.78, 5) is 11.9. The molecule has 1 aliphatic rings. The Balaban J connectivity index is 2.17. The van der Waals surface area contributed by atoms with Crippen molar-refractivity contribution in [3.8, 4) is 5.88 Å². The fraction of sp³-hybridized carbons (Fsp3) is 0.467. The average molecular weight is 387 g/mol. The highest BCUT2D eigenvalue weighted by atomic mass is 19.3. The Kier molecular flexibility index (Phi) is 5.07. The maximum atomic E-state index is 15.5. The highest BCUT2D eigenvalue weighted by molar-refractivity contribution is 5.77. The lowest BCUT2D eigenvalue weighted by atomic mass is 9.96. The largest absolute Gasteiger partial charge is 0.476 e. The average Bonchev–Trinajstić information content (AvgIpc) is 3.13. The lowest BCUT2D eigenvalue weighted by Crippen LogP contribution is -2.41. The fourth-order valence-electron chi connectivity index (χ4n) is 2.83.